The summed E-state index contributed by atoms with van der Waals surface area (Å²) in [7, 11) is 0. The Kier molecular flexibility index (Phi) is 6.11. The summed E-state index contributed by atoms with van der Waals surface area (Å²) >= 11 is 0. The Hall–Kier alpha value is -3.05. The zero-order valence-corrected chi connectivity index (χ0v) is 19.8. The molecule has 2 aromatic heterocycles. The number of pyridine rings is 2. The standard InChI is InChI=1S/C29H33N5/c1-2-10-23-22(7-1)19-25-24(23)13-15-30-26(25)20-34(18-4-3-12-28-31-16-17-32-28)27-11-5-8-21-9-6-14-33-29(21)27/h1-2,6-7,9-10,13-15,27H,3-5,8,11-12,16-20H2,(H,31,32). The van der Waals surface area contributed by atoms with Crippen molar-refractivity contribution in [2.24, 2.45) is 4.99 Å². The van der Waals surface area contributed by atoms with E-state index in [1.54, 1.807) is 0 Å². The van der Waals surface area contributed by atoms with E-state index in [0.717, 1.165) is 58.3 Å². The van der Waals surface area contributed by atoms with E-state index in [0.29, 0.717) is 6.04 Å². The lowest BCUT2D eigenvalue weighted by Crippen LogP contribution is -2.33. The Morgan fingerprint density at radius 2 is 1.88 bits per heavy atom. The predicted octanol–water partition coefficient (Wildman–Crippen LogP) is 5.10. The summed E-state index contributed by atoms with van der Waals surface area (Å²) in [5.74, 6) is 1.19. The molecule has 0 bridgehead atoms. The van der Waals surface area contributed by atoms with Gasteiger partial charge in [0, 0.05) is 38.3 Å². The van der Waals surface area contributed by atoms with Gasteiger partial charge in [-0.2, -0.15) is 0 Å². The monoisotopic (exact) mass is 451 g/mol. The van der Waals surface area contributed by atoms with Crippen LogP contribution in [0.25, 0.3) is 11.1 Å². The van der Waals surface area contributed by atoms with Gasteiger partial charge >= 0.3 is 0 Å². The normalized spacial score (nSPS) is 18.3. The van der Waals surface area contributed by atoms with Crippen LogP contribution in [-0.4, -0.2) is 40.3 Å². The molecule has 1 aliphatic heterocycles. The number of hydrogen-bond donors (Lipinski definition) is 1. The first-order valence-electron chi connectivity index (χ1n) is 12.9. The largest absolute Gasteiger partial charge is 0.372 e. The lowest BCUT2D eigenvalue weighted by molar-refractivity contribution is 0.160. The average Bonchev–Trinajstić information content (AvgIpc) is 3.54. The van der Waals surface area contributed by atoms with Gasteiger partial charge in [-0.25, -0.2) is 0 Å². The molecule has 5 heteroatoms. The first-order valence-corrected chi connectivity index (χ1v) is 12.9. The molecule has 174 valence electrons. The van der Waals surface area contributed by atoms with Crippen molar-refractivity contribution in [1.29, 1.82) is 0 Å². The van der Waals surface area contributed by atoms with Gasteiger partial charge in [-0.05, 0) is 78.6 Å². The van der Waals surface area contributed by atoms with Gasteiger partial charge in [0.1, 0.15) is 0 Å². The fourth-order valence-corrected chi connectivity index (χ4v) is 5.95. The fourth-order valence-electron chi connectivity index (χ4n) is 5.95. The molecule has 34 heavy (non-hydrogen) atoms. The van der Waals surface area contributed by atoms with E-state index in [1.807, 2.05) is 12.4 Å². The number of unbranched alkanes of at least 4 members (excludes halogenated alkanes) is 1. The van der Waals surface area contributed by atoms with Crippen LogP contribution in [0.4, 0.5) is 0 Å². The van der Waals surface area contributed by atoms with E-state index >= 15 is 0 Å². The molecular weight excluding hydrogens is 418 g/mol. The number of fused-ring (bicyclic) bond motifs is 4. The molecule has 3 aromatic rings. The highest BCUT2D eigenvalue weighted by atomic mass is 15.2. The minimum absolute atomic E-state index is 0.369. The third-order valence-electron chi connectivity index (χ3n) is 7.63. The van der Waals surface area contributed by atoms with Crippen LogP contribution < -0.4 is 5.32 Å². The van der Waals surface area contributed by atoms with E-state index in [-0.39, 0.29) is 0 Å². The summed E-state index contributed by atoms with van der Waals surface area (Å²) < 4.78 is 0. The highest BCUT2D eigenvalue weighted by molar-refractivity contribution is 5.83. The number of amidine groups is 1. The quantitative estimate of drug-likeness (QED) is 0.379. The summed E-state index contributed by atoms with van der Waals surface area (Å²) in [5.41, 5.74) is 9.52. The van der Waals surface area contributed by atoms with E-state index in [4.69, 9.17) is 9.97 Å². The molecule has 2 aliphatic carbocycles. The van der Waals surface area contributed by atoms with E-state index < -0.39 is 0 Å². The van der Waals surface area contributed by atoms with Gasteiger partial charge in [0.2, 0.25) is 0 Å². The van der Waals surface area contributed by atoms with Gasteiger partial charge in [-0.1, -0.05) is 30.3 Å². The molecule has 3 aliphatic rings. The molecule has 1 N–H and O–H groups in total. The van der Waals surface area contributed by atoms with Crippen molar-refractivity contribution in [2.45, 2.75) is 57.5 Å². The summed E-state index contributed by atoms with van der Waals surface area (Å²) in [4.78, 5) is 17.0. The maximum absolute atomic E-state index is 4.92. The Bertz CT molecular complexity index is 1200. The van der Waals surface area contributed by atoms with Crippen LogP contribution in [0.15, 0.2) is 59.9 Å². The minimum Gasteiger partial charge on any atom is -0.372 e. The summed E-state index contributed by atoms with van der Waals surface area (Å²) in [6.45, 7) is 3.88. The highest BCUT2D eigenvalue weighted by Gasteiger charge is 2.29. The zero-order valence-electron chi connectivity index (χ0n) is 19.8. The third kappa shape index (κ3) is 4.25. The van der Waals surface area contributed by atoms with Gasteiger partial charge in [-0.3, -0.25) is 19.9 Å². The average molecular weight is 452 g/mol. The number of benzene rings is 1. The van der Waals surface area contributed by atoms with Crippen LogP contribution in [0.3, 0.4) is 0 Å². The Balaban J connectivity index is 1.25. The molecule has 5 nitrogen and oxygen atoms in total. The summed E-state index contributed by atoms with van der Waals surface area (Å²) in [5, 5.41) is 3.41. The molecule has 0 amide bonds. The molecule has 1 unspecified atom stereocenters. The van der Waals surface area contributed by atoms with E-state index in [2.05, 4.69) is 57.7 Å². The lowest BCUT2D eigenvalue weighted by Gasteiger charge is -2.35. The van der Waals surface area contributed by atoms with Crippen LogP contribution in [0.5, 0.6) is 0 Å². The molecule has 1 atom stereocenters. The number of aryl methyl sites for hydroxylation is 1. The highest BCUT2D eigenvalue weighted by Crippen LogP contribution is 2.39. The van der Waals surface area contributed by atoms with Crippen molar-refractivity contribution in [1.82, 2.24) is 20.2 Å². The number of aliphatic imine (C=N–C) groups is 1. The second-order valence-corrected chi connectivity index (χ2v) is 9.76. The molecule has 0 fully saturated rings. The summed E-state index contributed by atoms with van der Waals surface area (Å²) in [6, 6.07) is 15.7. The molecular formula is C29H33N5. The van der Waals surface area contributed by atoms with Gasteiger partial charge in [0.15, 0.2) is 0 Å². The Morgan fingerprint density at radius 3 is 2.82 bits per heavy atom. The van der Waals surface area contributed by atoms with Crippen LogP contribution >= 0.6 is 0 Å². The fraction of sp³-hybridized carbons (Fsp3) is 0.414. The van der Waals surface area contributed by atoms with Crippen molar-refractivity contribution >= 4 is 5.84 Å². The molecule has 3 heterocycles. The van der Waals surface area contributed by atoms with Crippen molar-refractivity contribution in [3.8, 4) is 11.1 Å². The molecule has 0 saturated heterocycles. The van der Waals surface area contributed by atoms with Crippen LogP contribution in [0.2, 0.25) is 0 Å². The lowest BCUT2D eigenvalue weighted by atomic mass is 9.90. The minimum atomic E-state index is 0.369. The van der Waals surface area contributed by atoms with E-state index in [9.17, 15) is 0 Å². The molecule has 0 saturated carbocycles. The van der Waals surface area contributed by atoms with Crippen molar-refractivity contribution in [3.05, 3.63) is 82.9 Å². The van der Waals surface area contributed by atoms with Crippen molar-refractivity contribution in [2.75, 3.05) is 19.6 Å². The predicted molar refractivity (Wildman–Crippen MR) is 137 cm³/mol. The zero-order chi connectivity index (χ0) is 22.7. The van der Waals surface area contributed by atoms with Gasteiger partial charge in [-0.15, -0.1) is 0 Å². The van der Waals surface area contributed by atoms with Crippen molar-refractivity contribution < 1.29 is 0 Å². The number of nitrogens with zero attached hydrogens (tertiary/aromatic N) is 4. The van der Waals surface area contributed by atoms with Crippen LogP contribution in [0, 0.1) is 0 Å². The number of rotatable bonds is 8. The number of hydrogen-bond acceptors (Lipinski definition) is 5. The second kappa shape index (κ2) is 9.67. The molecule has 0 radical (unpaired) electrons. The topological polar surface area (TPSA) is 53.4 Å². The SMILES string of the molecule is c1ccc2c(c1)Cc1c-2ccnc1CN(CCCCC1=NCCN1)C1CCCc2cccnc21. The molecule has 6 rings (SSSR count). The molecule has 1 aromatic carbocycles. The first-order chi connectivity index (χ1) is 16.9. The second-order valence-electron chi connectivity index (χ2n) is 9.76. The smallest absolute Gasteiger partial charge is 0.0964 e. The maximum atomic E-state index is 4.92. The van der Waals surface area contributed by atoms with Gasteiger partial charge in [0.25, 0.3) is 0 Å². The van der Waals surface area contributed by atoms with Crippen molar-refractivity contribution in [3.63, 3.8) is 0 Å². The summed E-state index contributed by atoms with van der Waals surface area (Å²) in [6.07, 6.45) is 11.9. The van der Waals surface area contributed by atoms with Crippen LogP contribution in [0.1, 0.15) is 66.2 Å². The Morgan fingerprint density at radius 1 is 0.941 bits per heavy atom. The van der Waals surface area contributed by atoms with Gasteiger partial charge < -0.3 is 5.32 Å². The first kappa shape index (κ1) is 21.5. The van der Waals surface area contributed by atoms with Crippen LogP contribution in [-0.2, 0) is 19.4 Å². The van der Waals surface area contributed by atoms with Gasteiger partial charge in [0.05, 0.1) is 29.8 Å². The maximum Gasteiger partial charge on any atom is 0.0964 e. The third-order valence-corrected chi connectivity index (χ3v) is 7.63. The number of aromatic nitrogens is 2. The molecule has 0 spiro atoms. The van der Waals surface area contributed by atoms with E-state index in [1.165, 1.54) is 57.9 Å². The Labute approximate surface area is 202 Å². The number of nitrogens with one attached hydrogen (secondary N) is 1.